The summed E-state index contributed by atoms with van der Waals surface area (Å²) in [4.78, 5) is 16.2. The first-order valence-corrected chi connectivity index (χ1v) is 7.06. The van der Waals surface area contributed by atoms with Gasteiger partial charge in [-0.1, -0.05) is 0 Å². The predicted octanol–water partition coefficient (Wildman–Crippen LogP) is 1.54. The molecule has 18 heavy (non-hydrogen) atoms. The fourth-order valence-electron chi connectivity index (χ4n) is 2.21. The fourth-order valence-corrected chi connectivity index (χ4v) is 3.49. The van der Waals surface area contributed by atoms with Gasteiger partial charge < -0.3 is 15.0 Å². The van der Waals surface area contributed by atoms with Crippen molar-refractivity contribution in [2.75, 3.05) is 34.3 Å². The number of methoxy groups -OCH3 is 1. The number of nitrogens with one attached hydrogen (secondary N) is 1. The summed E-state index contributed by atoms with van der Waals surface area (Å²) < 4.78 is 5.42. The Morgan fingerprint density at radius 3 is 2.89 bits per heavy atom. The first-order valence-electron chi connectivity index (χ1n) is 6.25. The number of aryl methyl sites for hydroxylation is 1. The van der Waals surface area contributed by atoms with Gasteiger partial charge in [0.05, 0.1) is 7.11 Å². The Morgan fingerprint density at radius 1 is 1.44 bits per heavy atom. The van der Waals surface area contributed by atoms with Crippen molar-refractivity contribution in [2.45, 2.75) is 19.3 Å². The Hall–Kier alpha value is -1.07. The molecule has 1 aromatic rings. The molecule has 1 aliphatic carbocycles. The molecule has 0 saturated heterocycles. The molecule has 0 spiro atoms. The van der Waals surface area contributed by atoms with Gasteiger partial charge in [0.25, 0.3) is 5.91 Å². The van der Waals surface area contributed by atoms with Crippen LogP contribution in [0.1, 0.15) is 26.5 Å². The number of ether oxygens (including phenoxy) is 1. The van der Waals surface area contributed by atoms with E-state index in [9.17, 15) is 4.79 Å². The van der Waals surface area contributed by atoms with Crippen LogP contribution in [-0.2, 0) is 12.8 Å². The molecule has 0 aliphatic heterocycles. The lowest BCUT2D eigenvalue weighted by molar-refractivity contribution is 0.0952. The van der Waals surface area contributed by atoms with Crippen molar-refractivity contribution in [3.05, 3.63) is 15.3 Å². The zero-order chi connectivity index (χ0) is 13.1. The summed E-state index contributed by atoms with van der Waals surface area (Å²) in [6, 6.07) is 0. The van der Waals surface area contributed by atoms with Gasteiger partial charge in [-0.25, -0.2) is 0 Å². The number of hydrogen-bond donors (Lipinski definition) is 1. The Bertz CT molecular complexity index is 440. The van der Waals surface area contributed by atoms with Crippen LogP contribution in [0, 0.1) is 0 Å². The van der Waals surface area contributed by atoms with E-state index in [0.29, 0.717) is 6.54 Å². The van der Waals surface area contributed by atoms with E-state index < -0.39 is 0 Å². The lowest BCUT2D eigenvalue weighted by atomic mass is 10.2. The second-order valence-electron chi connectivity index (χ2n) is 4.78. The number of carbonyl (C=O) groups is 1. The summed E-state index contributed by atoms with van der Waals surface area (Å²) in [7, 11) is 5.64. The van der Waals surface area contributed by atoms with Crippen molar-refractivity contribution in [2.24, 2.45) is 0 Å². The number of hydrogen-bond acceptors (Lipinski definition) is 4. The molecule has 0 atom stereocenters. The first kappa shape index (κ1) is 13.4. The highest BCUT2D eigenvalue weighted by molar-refractivity contribution is 7.14. The van der Waals surface area contributed by atoms with Gasteiger partial charge in [-0.15, -0.1) is 11.3 Å². The maximum Gasteiger partial charge on any atom is 0.265 e. The molecule has 4 nitrogen and oxygen atoms in total. The van der Waals surface area contributed by atoms with Crippen molar-refractivity contribution in [1.82, 2.24) is 10.2 Å². The van der Waals surface area contributed by atoms with E-state index in [1.807, 2.05) is 19.0 Å². The number of likely N-dealkylation sites (N-methyl/N-ethyl adjacent to an activating group) is 1. The quantitative estimate of drug-likeness (QED) is 0.880. The Kier molecular flexibility index (Phi) is 4.24. The molecular weight excluding hydrogens is 248 g/mol. The monoisotopic (exact) mass is 268 g/mol. The molecule has 5 heteroatoms. The number of fused-ring (bicyclic) bond motifs is 1. The molecule has 0 bridgehead atoms. The van der Waals surface area contributed by atoms with E-state index in [-0.39, 0.29) is 5.91 Å². The Morgan fingerprint density at radius 2 is 2.22 bits per heavy atom. The van der Waals surface area contributed by atoms with Gasteiger partial charge in [-0.3, -0.25) is 4.79 Å². The SMILES string of the molecule is COc1c(C(=O)NCCN(C)C)sc2c1CCC2. The van der Waals surface area contributed by atoms with Gasteiger partial charge in [0.2, 0.25) is 0 Å². The van der Waals surface area contributed by atoms with E-state index >= 15 is 0 Å². The third-order valence-electron chi connectivity index (χ3n) is 3.13. The molecule has 1 heterocycles. The Labute approximate surface area is 112 Å². The van der Waals surface area contributed by atoms with Gasteiger partial charge in [0.15, 0.2) is 0 Å². The van der Waals surface area contributed by atoms with Crippen LogP contribution in [0.15, 0.2) is 0 Å². The maximum absolute atomic E-state index is 12.1. The summed E-state index contributed by atoms with van der Waals surface area (Å²) >= 11 is 1.59. The zero-order valence-corrected chi connectivity index (χ0v) is 12.0. The van der Waals surface area contributed by atoms with Crippen LogP contribution in [0.2, 0.25) is 0 Å². The number of rotatable bonds is 5. The number of nitrogens with zero attached hydrogens (tertiary/aromatic N) is 1. The van der Waals surface area contributed by atoms with E-state index in [1.165, 1.54) is 16.9 Å². The van der Waals surface area contributed by atoms with Crippen molar-refractivity contribution in [3.63, 3.8) is 0 Å². The maximum atomic E-state index is 12.1. The van der Waals surface area contributed by atoms with Crippen molar-refractivity contribution in [3.8, 4) is 5.75 Å². The number of carbonyl (C=O) groups excluding carboxylic acids is 1. The smallest absolute Gasteiger partial charge is 0.265 e. The van der Waals surface area contributed by atoms with Gasteiger partial charge in [-0.2, -0.15) is 0 Å². The van der Waals surface area contributed by atoms with Crippen LogP contribution in [-0.4, -0.2) is 45.1 Å². The molecule has 0 unspecified atom stereocenters. The molecular formula is C13H20N2O2S. The largest absolute Gasteiger partial charge is 0.495 e. The summed E-state index contributed by atoms with van der Waals surface area (Å²) in [5, 5.41) is 2.94. The summed E-state index contributed by atoms with van der Waals surface area (Å²) in [5.74, 6) is 0.794. The topological polar surface area (TPSA) is 41.6 Å². The fraction of sp³-hybridized carbons (Fsp3) is 0.615. The third kappa shape index (κ3) is 2.67. The molecule has 2 rings (SSSR count). The average Bonchev–Trinajstić information content (AvgIpc) is 2.87. The van der Waals surface area contributed by atoms with Gasteiger partial charge in [0, 0.05) is 23.5 Å². The molecule has 0 fully saturated rings. The van der Waals surface area contributed by atoms with E-state index in [2.05, 4.69) is 5.32 Å². The summed E-state index contributed by atoms with van der Waals surface area (Å²) in [6.07, 6.45) is 3.31. The Balaban J connectivity index is 2.06. The third-order valence-corrected chi connectivity index (χ3v) is 4.40. The number of thiophene rings is 1. The molecule has 1 aromatic heterocycles. The van der Waals surface area contributed by atoms with Gasteiger partial charge >= 0.3 is 0 Å². The van der Waals surface area contributed by atoms with Crippen LogP contribution in [0.25, 0.3) is 0 Å². The lowest BCUT2D eigenvalue weighted by Crippen LogP contribution is -2.31. The summed E-state index contributed by atoms with van der Waals surface area (Å²) in [6.45, 7) is 1.51. The minimum atomic E-state index is -0.00639. The molecule has 1 aliphatic rings. The number of amides is 1. The van der Waals surface area contributed by atoms with Crippen molar-refractivity contribution in [1.29, 1.82) is 0 Å². The molecule has 1 N–H and O–H groups in total. The molecule has 1 amide bonds. The van der Waals surface area contributed by atoms with Crippen LogP contribution in [0.4, 0.5) is 0 Å². The predicted molar refractivity (Wildman–Crippen MR) is 73.8 cm³/mol. The van der Waals surface area contributed by atoms with E-state index in [0.717, 1.165) is 30.0 Å². The highest BCUT2D eigenvalue weighted by Gasteiger charge is 2.26. The minimum absolute atomic E-state index is 0.00639. The summed E-state index contributed by atoms with van der Waals surface area (Å²) in [5.41, 5.74) is 1.25. The van der Waals surface area contributed by atoms with Crippen LogP contribution < -0.4 is 10.1 Å². The van der Waals surface area contributed by atoms with E-state index in [1.54, 1.807) is 18.4 Å². The van der Waals surface area contributed by atoms with Gasteiger partial charge in [0.1, 0.15) is 10.6 Å². The zero-order valence-electron chi connectivity index (χ0n) is 11.2. The molecule has 0 radical (unpaired) electrons. The second-order valence-corrected chi connectivity index (χ2v) is 5.88. The molecule has 100 valence electrons. The highest BCUT2D eigenvalue weighted by atomic mass is 32.1. The molecule has 0 saturated carbocycles. The second kappa shape index (κ2) is 5.71. The minimum Gasteiger partial charge on any atom is -0.495 e. The van der Waals surface area contributed by atoms with Crippen LogP contribution >= 0.6 is 11.3 Å². The standard InChI is InChI=1S/C13H20N2O2S/c1-15(2)8-7-14-13(16)12-11(17-3)9-5-4-6-10(9)18-12/h4-8H2,1-3H3,(H,14,16). The van der Waals surface area contributed by atoms with E-state index in [4.69, 9.17) is 4.74 Å². The lowest BCUT2D eigenvalue weighted by Gasteiger charge is -2.10. The molecule has 0 aromatic carbocycles. The van der Waals surface area contributed by atoms with Crippen LogP contribution in [0.3, 0.4) is 0 Å². The average molecular weight is 268 g/mol. The van der Waals surface area contributed by atoms with Crippen molar-refractivity contribution >= 4 is 17.2 Å². The van der Waals surface area contributed by atoms with Crippen molar-refractivity contribution < 1.29 is 9.53 Å². The normalized spacial score (nSPS) is 13.8. The van der Waals surface area contributed by atoms with Crippen LogP contribution in [0.5, 0.6) is 5.75 Å². The first-order chi connectivity index (χ1) is 8.63. The van der Waals surface area contributed by atoms with Gasteiger partial charge in [-0.05, 0) is 33.4 Å². The highest BCUT2D eigenvalue weighted by Crippen LogP contribution is 2.40.